The first kappa shape index (κ1) is 15.3. The molecule has 2 bridgehead atoms. The predicted molar refractivity (Wildman–Crippen MR) is 82.4 cm³/mol. The van der Waals surface area contributed by atoms with Crippen LogP contribution in [0.3, 0.4) is 0 Å². The lowest BCUT2D eigenvalue weighted by molar-refractivity contribution is -0.139. The molecule has 0 aromatic rings. The van der Waals surface area contributed by atoms with E-state index in [4.69, 9.17) is 4.74 Å². The summed E-state index contributed by atoms with van der Waals surface area (Å²) < 4.78 is 5.38. The number of hydrogen-bond acceptors (Lipinski definition) is 2. The molecule has 0 spiro atoms. The van der Waals surface area contributed by atoms with Gasteiger partial charge in [0.1, 0.15) is 0 Å². The van der Waals surface area contributed by atoms with Gasteiger partial charge in [0.2, 0.25) is 0 Å². The number of carbonyl (C=O) groups is 1. The molecule has 2 aliphatic carbocycles. The number of allylic oxidation sites excluding steroid dienone is 3. The highest BCUT2D eigenvalue weighted by atomic mass is 16.5. The van der Waals surface area contributed by atoms with Crippen molar-refractivity contribution >= 4 is 5.97 Å². The van der Waals surface area contributed by atoms with E-state index in [1.807, 2.05) is 0 Å². The zero-order chi connectivity index (χ0) is 14.2. The minimum Gasteiger partial charge on any atom is -0.462 e. The van der Waals surface area contributed by atoms with E-state index in [-0.39, 0.29) is 5.97 Å². The zero-order valence-corrected chi connectivity index (χ0v) is 12.8. The zero-order valence-electron chi connectivity index (χ0n) is 12.8. The molecule has 2 unspecified atom stereocenters. The summed E-state index contributed by atoms with van der Waals surface area (Å²) in [6.45, 7) is 2.84. The van der Waals surface area contributed by atoms with Crippen molar-refractivity contribution in [1.82, 2.24) is 0 Å². The maximum absolute atomic E-state index is 11.9. The Hall–Kier alpha value is -1.05. The number of esters is 1. The largest absolute Gasteiger partial charge is 0.462 e. The van der Waals surface area contributed by atoms with Gasteiger partial charge >= 0.3 is 5.97 Å². The van der Waals surface area contributed by atoms with Crippen LogP contribution in [0.5, 0.6) is 0 Å². The van der Waals surface area contributed by atoms with Crippen LogP contribution in [0.25, 0.3) is 0 Å². The van der Waals surface area contributed by atoms with Crippen molar-refractivity contribution in [2.45, 2.75) is 64.7 Å². The van der Waals surface area contributed by atoms with Crippen LogP contribution >= 0.6 is 0 Å². The lowest BCUT2D eigenvalue weighted by atomic mass is 10.0. The molecule has 0 N–H and O–H groups in total. The molecule has 0 saturated carbocycles. The van der Waals surface area contributed by atoms with Gasteiger partial charge in [-0.15, -0.1) is 0 Å². The monoisotopic (exact) mass is 276 g/mol. The summed E-state index contributed by atoms with van der Waals surface area (Å²) in [5, 5.41) is 0. The lowest BCUT2D eigenvalue weighted by Gasteiger charge is -2.09. The average Bonchev–Trinajstić information content (AvgIpc) is 3.08. The molecule has 0 fully saturated rings. The van der Waals surface area contributed by atoms with Gasteiger partial charge in [0.15, 0.2) is 0 Å². The van der Waals surface area contributed by atoms with Crippen molar-refractivity contribution < 1.29 is 9.53 Å². The summed E-state index contributed by atoms with van der Waals surface area (Å²) >= 11 is 0. The Morgan fingerprint density at radius 3 is 2.40 bits per heavy atom. The van der Waals surface area contributed by atoms with Crippen LogP contribution in [0.2, 0.25) is 0 Å². The second-order valence-corrected chi connectivity index (χ2v) is 6.12. The summed E-state index contributed by atoms with van der Waals surface area (Å²) in [5.74, 6) is 0.751. The van der Waals surface area contributed by atoms with E-state index in [0.29, 0.717) is 18.4 Å². The third-order valence-corrected chi connectivity index (χ3v) is 4.38. The van der Waals surface area contributed by atoms with Gasteiger partial charge in [-0.1, -0.05) is 70.1 Å². The Kier molecular flexibility index (Phi) is 6.35. The molecule has 20 heavy (non-hydrogen) atoms. The standard InChI is InChI=1S/C18H28O2/c1-2-3-4-5-6-7-8-9-12-20-18(19)17-14-15-10-11-16(17)13-15/h10-11,14-16H,2-9,12-13H2,1H3. The molecule has 2 nitrogen and oxygen atoms in total. The second kappa shape index (κ2) is 8.28. The van der Waals surface area contributed by atoms with Gasteiger partial charge in [-0.05, 0) is 18.8 Å². The number of unbranched alkanes of at least 4 members (excludes halogenated alkanes) is 7. The maximum Gasteiger partial charge on any atom is 0.334 e. The predicted octanol–water partition coefficient (Wildman–Crippen LogP) is 4.80. The molecule has 2 aliphatic rings. The van der Waals surface area contributed by atoms with Gasteiger partial charge < -0.3 is 4.74 Å². The Labute approximate surface area is 123 Å². The van der Waals surface area contributed by atoms with Crippen LogP contribution in [-0.2, 0) is 9.53 Å². The van der Waals surface area contributed by atoms with Crippen LogP contribution in [-0.4, -0.2) is 12.6 Å². The van der Waals surface area contributed by atoms with Crippen molar-refractivity contribution in [3.8, 4) is 0 Å². The fourth-order valence-electron chi connectivity index (χ4n) is 3.14. The summed E-state index contributed by atoms with van der Waals surface area (Å²) in [6, 6.07) is 0. The molecule has 2 atom stereocenters. The summed E-state index contributed by atoms with van der Waals surface area (Å²) in [6.07, 6.45) is 17.7. The summed E-state index contributed by atoms with van der Waals surface area (Å²) in [4.78, 5) is 11.9. The van der Waals surface area contributed by atoms with Crippen LogP contribution in [0.1, 0.15) is 64.7 Å². The topological polar surface area (TPSA) is 26.3 Å². The summed E-state index contributed by atoms with van der Waals surface area (Å²) in [7, 11) is 0. The Morgan fingerprint density at radius 1 is 1.10 bits per heavy atom. The van der Waals surface area contributed by atoms with E-state index in [2.05, 4.69) is 25.2 Å². The maximum atomic E-state index is 11.9. The highest BCUT2D eigenvalue weighted by molar-refractivity contribution is 5.90. The first-order valence-electron chi connectivity index (χ1n) is 8.38. The first-order valence-corrected chi connectivity index (χ1v) is 8.38. The molecule has 0 aromatic carbocycles. The molecular formula is C18H28O2. The van der Waals surface area contributed by atoms with Crippen LogP contribution in [0, 0.1) is 11.8 Å². The second-order valence-electron chi connectivity index (χ2n) is 6.12. The normalized spacial score (nSPS) is 23.1. The molecule has 0 saturated heterocycles. The van der Waals surface area contributed by atoms with Gasteiger partial charge in [0, 0.05) is 11.5 Å². The van der Waals surface area contributed by atoms with E-state index in [1.165, 1.54) is 44.9 Å². The third-order valence-electron chi connectivity index (χ3n) is 4.38. The van der Waals surface area contributed by atoms with E-state index in [1.54, 1.807) is 0 Å². The Morgan fingerprint density at radius 2 is 1.80 bits per heavy atom. The molecule has 0 heterocycles. The molecule has 0 aromatic heterocycles. The minimum absolute atomic E-state index is 0.0789. The van der Waals surface area contributed by atoms with Gasteiger partial charge in [-0.3, -0.25) is 0 Å². The van der Waals surface area contributed by atoms with Crippen LogP contribution < -0.4 is 0 Å². The number of hydrogen-bond donors (Lipinski definition) is 0. The van der Waals surface area contributed by atoms with E-state index in [9.17, 15) is 4.79 Å². The van der Waals surface area contributed by atoms with Crippen LogP contribution in [0.15, 0.2) is 23.8 Å². The van der Waals surface area contributed by atoms with Gasteiger partial charge in [-0.25, -0.2) is 4.79 Å². The first-order chi connectivity index (χ1) is 9.81. The number of ether oxygens (including phenoxy) is 1. The minimum atomic E-state index is -0.0789. The number of rotatable bonds is 10. The molecular weight excluding hydrogens is 248 g/mol. The van der Waals surface area contributed by atoms with Crippen LogP contribution in [0.4, 0.5) is 0 Å². The summed E-state index contributed by atoms with van der Waals surface area (Å²) in [5.41, 5.74) is 0.900. The van der Waals surface area contributed by atoms with E-state index in [0.717, 1.165) is 18.4 Å². The molecule has 2 rings (SSSR count). The van der Waals surface area contributed by atoms with Crippen molar-refractivity contribution in [2.24, 2.45) is 11.8 Å². The van der Waals surface area contributed by atoms with E-state index < -0.39 is 0 Å². The highest BCUT2D eigenvalue weighted by Gasteiger charge is 2.32. The van der Waals surface area contributed by atoms with Crippen molar-refractivity contribution in [2.75, 3.05) is 6.61 Å². The third kappa shape index (κ3) is 4.50. The van der Waals surface area contributed by atoms with E-state index >= 15 is 0 Å². The lowest BCUT2D eigenvalue weighted by Crippen LogP contribution is -2.12. The van der Waals surface area contributed by atoms with Gasteiger partial charge in [0.25, 0.3) is 0 Å². The fraction of sp³-hybridized carbons (Fsp3) is 0.722. The van der Waals surface area contributed by atoms with Crippen molar-refractivity contribution in [3.05, 3.63) is 23.8 Å². The quantitative estimate of drug-likeness (QED) is 0.325. The average molecular weight is 276 g/mol. The number of fused-ring (bicyclic) bond motifs is 2. The number of carbonyl (C=O) groups excluding carboxylic acids is 1. The van der Waals surface area contributed by atoms with Crippen molar-refractivity contribution in [1.29, 1.82) is 0 Å². The van der Waals surface area contributed by atoms with Crippen molar-refractivity contribution in [3.63, 3.8) is 0 Å². The molecule has 0 aliphatic heterocycles. The molecule has 0 radical (unpaired) electrons. The molecule has 112 valence electrons. The molecule has 2 heteroatoms. The SMILES string of the molecule is CCCCCCCCCCOC(=O)C1=CC2C=CC1C2. The highest BCUT2D eigenvalue weighted by Crippen LogP contribution is 2.38. The van der Waals surface area contributed by atoms with Gasteiger partial charge in [-0.2, -0.15) is 0 Å². The fourth-order valence-corrected chi connectivity index (χ4v) is 3.14. The Balaban J connectivity index is 1.46. The Bertz CT molecular complexity index is 368. The van der Waals surface area contributed by atoms with Gasteiger partial charge in [0.05, 0.1) is 6.61 Å². The molecule has 0 amide bonds. The smallest absolute Gasteiger partial charge is 0.334 e.